The topological polar surface area (TPSA) is 135 Å². The van der Waals surface area contributed by atoms with Crippen LogP contribution in [0.2, 0.25) is 0 Å². The second-order valence-electron chi connectivity index (χ2n) is 17.2. The molecule has 4 amide bonds. The fourth-order valence-corrected chi connectivity index (χ4v) is 11.5. The van der Waals surface area contributed by atoms with Gasteiger partial charge in [-0.1, -0.05) is 56.2 Å². The summed E-state index contributed by atoms with van der Waals surface area (Å²) in [4.78, 5) is 52.1. The number of urea groups is 2. The molecule has 4 N–H and O–H groups in total. The second-order valence-corrected chi connectivity index (χ2v) is 17.2. The first-order chi connectivity index (χ1) is 25.2. The molecule has 0 aromatic heterocycles. The monoisotopic (exact) mass is 728 g/mol. The third-order valence-corrected chi connectivity index (χ3v) is 14.2. The summed E-state index contributed by atoms with van der Waals surface area (Å²) in [7, 11) is 1.44. The molecule has 0 radical (unpaired) electrons. The normalized spacial score (nSPS) is 33.6. The lowest BCUT2D eigenvalue weighted by Gasteiger charge is -2.65. The van der Waals surface area contributed by atoms with Gasteiger partial charge >= 0.3 is 24.0 Å². The summed E-state index contributed by atoms with van der Waals surface area (Å²) in [6.07, 6.45) is 6.98. The van der Waals surface area contributed by atoms with Gasteiger partial charge in [0.25, 0.3) is 0 Å². The van der Waals surface area contributed by atoms with Gasteiger partial charge in [0.15, 0.2) is 0 Å². The lowest BCUT2D eigenvalue weighted by molar-refractivity contribution is -0.166. The van der Waals surface area contributed by atoms with E-state index in [2.05, 4.69) is 42.0 Å². The fraction of sp³-hybridized carbons (Fsp3) is 0.628. The van der Waals surface area contributed by atoms with E-state index in [0.717, 1.165) is 67.4 Å². The SMILES string of the molecule is COC(=O)CC[C@@H](C)[C@H]1CC[C@H]2[C@@H]3[C@H](NC(=O)Nc4ccc(C)cc4)C[C@@H]4C[C@H](OC(C)=O)CC[C@]4(C)[C@H]3C[C@H](NC(=O)Nc3ccc(C)cc3)[C@]12C. The summed E-state index contributed by atoms with van der Waals surface area (Å²) in [6, 6.07) is 15.0. The molecular weight excluding hydrogens is 668 g/mol. The first-order valence-corrected chi connectivity index (χ1v) is 19.7. The largest absolute Gasteiger partial charge is 0.469 e. The number of carbonyl (C=O) groups is 4. The molecule has 0 spiro atoms. The van der Waals surface area contributed by atoms with E-state index in [4.69, 9.17) is 9.47 Å². The molecule has 10 nitrogen and oxygen atoms in total. The van der Waals surface area contributed by atoms with Gasteiger partial charge in [-0.2, -0.15) is 0 Å². The van der Waals surface area contributed by atoms with Crippen molar-refractivity contribution < 1.29 is 28.7 Å². The van der Waals surface area contributed by atoms with E-state index in [9.17, 15) is 19.2 Å². The van der Waals surface area contributed by atoms with E-state index in [1.807, 2.05) is 62.4 Å². The number of esters is 2. The Labute approximate surface area is 315 Å². The Hall–Kier alpha value is -4.08. The number of rotatable bonds is 9. The number of hydrogen-bond acceptors (Lipinski definition) is 6. The van der Waals surface area contributed by atoms with Crippen molar-refractivity contribution in [1.82, 2.24) is 10.6 Å². The summed E-state index contributed by atoms with van der Waals surface area (Å²) in [5.74, 6) is 0.894. The molecule has 10 heteroatoms. The van der Waals surface area contributed by atoms with Gasteiger partial charge in [0.05, 0.1) is 7.11 Å². The quantitative estimate of drug-likeness (QED) is 0.192. The lowest BCUT2D eigenvalue weighted by Crippen LogP contribution is -2.67. The molecule has 2 aromatic rings. The minimum Gasteiger partial charge on any atom is -0.469 e. The highest BCUT2D eigenvalue weighted by atomic mass is 16.5. The molecule has 0 unspecified atom stereocenters. The minimum atomic E-state index is -0.285. The molecule has 53 heavy (non-hydrogen) atoms. The van der Waals surface area contributed by atoms with Crippen LogP contribution in [0.25, 0.3) is 0 Å². The Balaban J connectivity index is 1.35. The zero-order chi connectivity index (χ0) is 38.1. The van der Waals surface area contributed by atoms with Gasteiger partial charge in [-0.05, 0) is 136 Å². The van der Waals surface area contributed by atoms with Gasteiger partial charge < -0.3 is 30.7 Å². The molecule has 0 heterocycles. The molecule has 4 aliphatic carbocycles. The highest BCUT2D eigenvalue weighted by Crippen LogP contribution is 2.68. The molecule has 6 rings (SSSR count). The van der Waals surface area contributed by atoms with Crippen LogP contribution >= 0.6 is 0 Å². The van der Waals surface area contributed by atoms with Gasteiger partial charge in [-0.25, -0.2) is 9.59 Å². The number of hydrogen-bond donors (Lipinski definition) is 4. The summed E-state index contributed by atoms with van der Waals surface area (Å²) < 4.78 is 10.8. The van der Waals surface area contributed by atoms with Gasteiger partial charge in [0.2, 0.25) is 0 Å². The molecule has 0 saturated heterocycles. The van der Waals surface area contributed by atoms with Crippen LogP contribution in [-0.4, -0.2) is 49.3 Å². The van der Waals surface area contributed by atoms with Crippen LogP contribution in [0, 0.1) is 60.2 Å². The van der Waals surface area contributed by atoms with E-state index < -0.39 is 0 Å². The molecule has 0 aliphatic heterocycles. The van der Waals surface area contributed by atoms with Crippen molar-refractivity contribution in [2.24, 2.45) is 46.3 Å². The van der Waals surface area contributed by atoms with Crippen molar-refractivity contribution in [3.05, 3.63) is 59.7 Å². The molecule has 0 bridgehead atoms. The van der Waals surface area contributed by atoms with E-state index in [1.54, 1.807) is 0 Å². The number of benzene rings is 2. The first-order valence-electron chi connectivity index (χ1n) is 19.7. The third kappa shape index (κ3) is 8.07. The van der Waals surface area contributed by atoms with Crippen LogP contribution < -0.4 is 21.3 Å². The molecule has 4 fully saturated rings. The Morgan fingerprint density at radius 1 is 0.811 bits per heavy atom. The molecule has 4 saturated carbocycles. The standard InChI is InChI=1S/C43H60N4O6/c1-25-8-13-30(14-9-25)44-40(50)46-36-23-29-22-32(53-28(4)48)20-21-42(29,5)35-24-37(47-41(51)45-31-15-10-26(2)11-16-31)43(6)33(17-18-34(43)39(35)36)27(3)12-19-38(49)52-7/h8-11,13-16,27,29,32-37,39H,12,17-24H2,1-7H3,(H2,44,46,50)(H2,45,47,51)/t27-,29+,32-,33-,34+,35+,36-,37+,39+,42+,43-/m1/s1. The molecular formula is C43H60N4O6. The highest BCUT2D eigenvalue weighted by molar-refractivity contribution is 5.90. The van der Waals surface area contributed by atoms with Gasteiger partial charge in [-0.3, -0.25) is 9.59 Å². The predicted octanol–water partition coefficient (Wildman–Crippen LogP) is 8.38. The predicted molar refractivity (Wildman–Crippen MR) is 206 cm³/mol. The average Bonchev–Trinajstić information content (AvgIpc) is 3.47. The van der Waals surface area contributed by atoms with Crippen molar-refractivity contribution >= 4 is 35.4 Å². The van der Waals surface area contributed by atoms with Crippen LogP contribution in [0.5, 0.6) is 0 Å². The lowest BCUT2D eigenvalue weighted by atomic mass is 9.42. The Kier molecular flexibility index (Phi) is 11.5. The number of aryl methyl sites for hydroxylation is 2. The minimum absolute atomic E-state index is 0.0593. The van der Waals surface area contributed by atoms with E-state index in [-0.39, 0.29) is 88.5 Å². The molecule has 4 aliphatic rings. The second kappa shape index (κ2) is 15.7. The summed E-state index contributed by atoms with van der Waals surface area (Å²) in [5.41, 5.74) is 3.39. The maximum absolute atomic E-state index is 13.9. The van der Waals surface area contributed by atoms with Crippen LogP contribution in [0.3, 0.4) is 0 Å². The number of fused-ring (bicyclic) bond motifs is 5. The summed E-state index contributed by atoms with van der Waals surface area (Å²) in [5, 5.41) is 13.2. The van der Waals surface area contributed by atoms with Crippen molar-refractivity contribution in [2.75, 3.05) is 17.7 Å². The zero-order valence-corrected chi connectivity index (χ0v) is 32.6. The number of ether oxygens (including phenoxy) is 2. The number of nitrogens with one attached hydrogen (secondary N) is 4. The maximum Gasteiger partial charge on any atom is 0.319 e. The number of anilines is 2. The van der Waals surface area contributed by atoms with Crippen LogP contribution in [0.15, 0.2) is 48.5 Å². The van der Waals surface area contributed by atoms with Crippen LogP contribution in [-0.2, 0) is 19.1 Å². The third-order valence-electron chi connectivity index (χ3n) is 14.2. The number of carbonyl (C=O) groups excluding carboxylic acids is 4. The van der Waals surface area contributed by atoms with Crippen LogP contribution in [0.4, 0.5) is 21.0 Å². The van der Waals surface area contributed by atoms with Crippen molar-refractivity contribution in [3.63, 3.8) is 0 Å². The Bertz CT molecular complexity index is 1650. The molecule has 288 valence electrons. The fourth-order valence-electron chi connectivity index (χ4n) is 11.5. The first kappa shape index (κ1) is 38.6. The van der Waals surface area contributed by atoms with Gasteiger partial charge in [0, 0.05) is 36.8 Å². The van der Waals surface area contributed by atoms with E-state index in [1.165, 1.54) is 14.0 Å². The van der Waals surface area contributed by atoms with Crippen molar-refractivity contribution in [1.29, 1.82) is 0 Å². The molecule has 2 aromatic carbocycles. The van der Waals surface area contributed by atoms with E-state index in [0.29, 0.717) is 12.8 Å². The zero-order valence-electron chi connectivity index (χ0n) is 32.6. The van der Waals surface area contributed by atoms with Crippen molar-refractivity contribution in [2.45, 2.75) is 118 Å². The number of methoxy groups -OCH3 is 1. The van der Waals surface area contributed by atoms with Gasteiger partial charge in [0.1, 0.15) is 6.10 Å². The Morgan fingerprint density at radius 2 is 1.42 bits per heavy atom. The smallest absolute Gasteiger partial charge is 0.319 e. The van der Waals surface area contributed by atoms with E-state index >= 15 is 0 Å². The number of amides is 4. The van der Waals surface area contributed by atoms with Crippen molar-refractivity contribution in [3.8, 4) is 0 Å². The molecule has 11 atom stereocenters. The van der Waals surface area contributed by atoms with Crippen LogP contribution in [0.1, 0.15) is 96.6 Å². The summed E-state index contributed by atoms with van der Waals surface area (Å²) >= 11 is 0. The highest BCUT2D eigenvalue weighted by Gasteiger charge is 2.66. The average molecular weight is 729 g/mol. The summed E-state index contributed by atoms with van der Waals surface area (Å²) in [6.45, 7) is 12.6. The Morgan fingerprint density at radius 3 is 2.00 bits per heavy atom. The maximum atomic E-state index is 13.9. The van der Waals surface area contributed by atoms with Gasteiger partial charge in [-0.15, -0.1) is 0 Å².